The molecule has 1 aliphatic heterocycles. The van der Waals surface area contributed by atoms with Crippen LogP contribution >= 0.6 is 0 Å². The number of carbonyl (C=O) groups excluding carboxylic acids is 2. The molecule has 0 aliphatic carbocycles. The first-order valence-electron chi connectivity index (χ1n) is 8.89. The van der Waals surface area contributed by atoms with E-state index in [1.165, 1.54) is 0 Å². The first-order chi connectivity index (χ1) is 10.5. The highest BCUT2D eigenvalue weighted by atomic mass is 16.2. The number of hydrogen-bond acceptors (Lipinski definition) is 3. The highest BCUT2D eigenvalue weighted by Crippen LogP contribution is 2.38. The SMILES string of the molecule is CC(C)(C)CC(C)(C)NC(=O)C(=O)N1C(C)(C)CC(N)CC1(C)C. The molecule has 0 bridgehead atoms. The maximum atomic E-state index is 13.0. The number of nitrogens with one attached hydrogen (secondary N) is 1. The van der Waals surface area contributed by atoms with Crippen molar-refractivity contribution in [3.63, 3.8) is 0 Å². The van der Waals surface area contributed by atoms with E-state index in [-0.39, 0.29) is 11.5 Å². The van der Waals surface area contributed by atoms with Crippen LogP contribution in [0.5, 0.6) is 0 Å². The van der Waals surface area contributed by atoms with Crippen molar-refractivity contribution in [3.05, 3.63) is 0 Å². The highest BCUT2D eigenvalue weighted by Gasteiger charge is 2.49. The molecule has 1 rings (SSSR count). The number of nitrogens with two attached hydrogens (primary N) is 1. The van der Waals surface area contributed by atoms with Crippen LogP contribution in [0.2, 0.25) is 0 Å². The van der Waals surface area contributed by atoms with E-state index in [9.17, 15) is 9.59 Å². The van der Waals surface area contributed by atoms with Crippen molar-refractivity contribution in [2.24, 2.45) is 11.1 Å². The van der Waals surface area contributed by atoms with Gasteiger partial charge in [0.25, 0.3) is 0 Å². The quantitative estimate of drug-likeness (QED) is 0.760. The van der Waals surface area contributed by atoms with Crippen LogP contribution in [0, 0.1) is 5.41 Å². The average Bonchev–Trinajstić information content (AvgIpc) is 2.19. The van der Waals surface area contributed by atoms with Gasteiger partial charge in [0, 0.05) is 22.7 Å². The molecule has 2 amide bonds. The second-order valence-electron chi connectivity index (χ2n) is 10.5. The van der Waals surface area contributed by atoms with E-state index in [2.05, 4.69) is 26.1 Å². The molecule has 24 heavy (non-hydrogen) atoms. The smallest absolute Gasteiger partial charge is 0.312 e. The van der Waals surface area contributed by atoms with Crippen molar-refractivity contribution in [2.75, 3.05) is 0 Å². The summed E-state index contributed by atoms with van der Waals surface area (Å²) in [4.78, 5) is 27.3. The van der Waals surface area contributed by atoms with E-state index in [0.717, 1.165) is 6.42 Å². The number of piperidine rings is 1. The van der Waals surface area contributed by atoms with E-state index in [4.69, 9.17) is 5.73 Å². The Labute approximate surface area is 147 Å². The predicted octanol–water partition coefficient (Wildman–Crippen LogP) is 2.82. The van der Waals surface area contributed by atoms with Gasteiger partial charge in [-0.25, -0.2) is 0 Å². The van der Waals surface area contributed by atoms with Gasteiger partial charge in [0.05, 0.1) is 0 Å². The van der Waals surface area contributed by atoms with Gasteiger partial charge in [0.1, 0.15) is 0 Å². The summed E-state index contributed by atoms with van der Waals surface area (Å²) in [6.45, 7) is 18.2. The second kappa shape index (κ2) is 6.32. The Kier molecular flexibility index (Phi) is 5.52. The van der Waals surface area contributed by atoms with E-state index in [1.807, 2.05) is 41.5 Å². The molecule has 1 aliphatic rings. The fraction of sp³-hybridized carbons (Fsp3) is 0.895. The Morgan fingerprint density at radius 2 is 1.46 bits per heavy atom. The van der Waals surface area contributed by atoms with Crippen molar-refractivity contribution in [3.8, 4) is 0 Å². The molecule has 0 unspecified atom stereocenters. The molecule has 0 aromatic rings. The van der Waals surface area contributed by atoms with Crippen LogP contribution in [0.4, 0.5) is 0 Å². The largest absolute Gasteiger partial charge is 0.343 e. The molecule has 5 nitrogen and oxygen atoms in total. The Morgan fingerprint density at radius 3 is 1.83 bits per heavy atom. The molecule has 0 spiro atoms. The summed E-state index contributed by atoms with van der Waals surface area (Å²) < 4.78 is 0. The molecule has 1 fully saturated rings. The minimum absolute atomic E-state index is 0.0412. The molecular formula is C19H37N3O2. The number of likely N-dealkylation sites (tertiary alicyclic amines) is 1. The van der Waals surface area contributed by atoms with E-state index >= 15 is 0 Å². The summed E-state index contributed by atoms with van der Waals surface area (Å²) >= 11 is 0. The van der Waals surface area contributed by atoms with Gasteiger partial charge in [0.15, 0.2) is 0 Å². The summed E-state index contributed by atoms with van der Waals surface area (Å²) in [6, 6.07) is 0.0412. The second-order valence-corrected chi connectivity index (χ2v) is 10.5. The normalized spacial score (nSPS) is 21.5. The molecule has 5 heteroatoms. The van der Waals surface area contributed by atoms with Crippen LogP contribution in [0.15, 0.2) is 0 Å². The van der Waals surface area contributed by atoms with Crippen molar-refractivity contribution in [1.29, 1.82) is 0 Å². The minimum atomic E-state index is -0.527. The third-order valence-corrected chi connectivity index (χ3v) is 4.56. The van der Waals surface area contributed by atoms with Crippen LogP contribution < -0.4 is 11.1 Å². The summed E-state index contributed by atoms with van der Waals surface area (Å²) in [5.74, 6) is -0.986. The molecular weight excluding hydrogens is 302 g/mol. The number of carbonyl (C=O) groups is 2. The number of amides is 2. The van der Waals surface area contributed by atoms with Gasteiger partial charge in [-0.2, -0.15) is 0 Å². The van der Waals surface area contributed by atoms with Gasteiger partial charge in [-0.15, -0.1) is 0 Å². The summed E-state index contributed by atoms with van der Waals surface area (Å²) in [5, 5.41) is 2.94. The highest BCUT2D eigenvalue weighted by molar-refractivity contribution is 6.35. The molecule has 140 valence electrons. The van der Waals surface area contributed by atoms with Gasteiger partial charge in [-0.05, 0) is 66.2 Å². The topological polar surface area (TPSA) is 75.4 Å². The molecule has 0 aromatic carbocycles. The molecule has 0 aromatic heterocycles. The number of nitrogens with zero attached hydrogens (tertiary/aromatic N) is 1. The minimum Gasteiger partial charge on any atom is -0.343 e. The van der Waals surface area contributed by atoms with Gasteiger partial charge in [-0.1, -0.05) is 20.8 Å². The zero-order chi connectivity index (χ0) is 19.1. The lowest BCUT2D eigenvalue weighted by molar-refractivity contribution is -0.159. The molecule has 0 radical (unpaired) electrons. The number of hydrogen-bond donors (Lipinski definition) is 2. The lowest BCUT2D eigenvalue weighted by atomic mass is 9.77. The maximum Gasteiger partial charge on any atom is 0.312 e. The third-order valence-electron chi connectivity index (χ3n) is 4.56. The van der Waals surface area contributed by atoms with Crippen LogP contribution in [-0.2, 0) is 9.59 Å². The van der Waals surface area contributed by atoms with E-state index in [1.54, 1.807) is 4.90 Å². The Morgan fingerprint density at radius 1 is 1.04 bits per heavy atom. The van der Waals surface area contributed by atoms with Crippen molar-refractivity contribution >= 4 is 11.8 Å². The zero-order valence-electron chi connectivity index (χ0n) is 17.0. The molecule has 0 atom stereocenters. The molecule has 1 saturated heterocycles. The van der Waals surface area contributed by atoms with Gasteiger partial charge < -0.3 is 16.0 Å². The monoisotopic (exact) mass is 339 g/mol. The van der Waals surface area contributed by atoms with Crippen LogP contribution in [-0.4, -0.2) is 39.4 Å². The fourth-order valence-electron chi connectivity index (χ4n) is 4.74. The van der Waals surface area contributed by atoms with Crippen LogP contribution in [0.3, 0.4) is 0 Å². The predicted molar refractivity (Wildman–Crippen MR) is 98.5 cm³/mol. The van der Waals surface area contributed by atoms with Gasteiger partial charge in [-0.3, -0.25) is 9.59 Å². The molecule has 3 N–H and O–H groups in total. The van der Waals surface area contributed by atoms with Gasteiger partial charge in [0.2, 0.25) is 0 Å². The first kappa shape index (κ1) is 20.9. The maximum absolute atomic E-state index is 13.0. The lowest BCUT2D eigenvalue weighted by Crippen LogP contribution is -2.68. The van der Waals surface area contributed by atoms with E-state index in [0.29, 0.717) is 12.8 Å². The average molecular weight is 340 g/mol. The number of rotatable bonds is 2. The zero-order valence-corrected chi connectivity index (χ0v) is 17.0. The first-order valence-corrected chi connectivity index (χ1v) is 8.89. The van der Waals surface area contributed by atoms with E-state index < -0.39 is 28.4 Å². The summed E-state index contributed by atoms with van der Waals surface area (Å²) in [6.07, 6.45) is 2.18. The van der Waals surface area contributed by atoms with Crippen molar-refractivity contribution < 1.29 is 9.59 Å². The summed E-state index contributed by atoms with van der Waals surface area (Å²) in [5.41, 5.74) is 4.90. The third kappa shape index (κ3) is 5.20. The molecule has 1 heterocycles. The summed E-state index contributed by atoms with van der Waals surface area (Å²) in [7, 11) is 0. The van der Waals surface area contributed by atoms with Gasteiger partial charge >= 0.3 is 11.8 Å². The van der Waals surface area contributed by atoms with Crippen LogP contribution in [0.25, 0.3) is 0 Å². The van der Waals surface area contributed by atoms with Crippen molar-refractivity contribution in [1.82, 2.24) is 10.2 Å². The lowest BCUT2D eigenvalue weighted by Gasteiger charge is -2.54. The fourth-order valence-corrected chi connectivity index (χ4v) is 4.74. The Hall–Kier alpha value is -1.10. The Balaban J connectivity index is 2.97. The Bertz CT molecular complexity index is 483. The van der Waals surface area contributed by atoms with Crippen LogP contribution in [0.1, 0.15) is 81.6 Å². The molecule has 0 saturated carbocycles. The van der Waals surface area contributed by atoms with Crippen molar-refractivity contribution in [2.45, 2.75) is 104 Å². The standard InChI is InChI=1S/C19H37N3O2/c1-16(2,3)12-17(4,5)21-14(23)15(24)22-18(6,7)10-13(20)11-19(22,8)9/h13H,10-12,20H2,1-9H3,(H,21,23).